The third-order valence-electron chi connectivity index (χ3n) is 2.80. The smallest absolute Gasteiger partial charge is 0.122 e. The van der Waals surface area contributed by atoms with Crippen molar-refractivity contribution in [2.45, 2.75) is 18.6 Å². The van der Waals surface area contributed by atoms with E-state index in [2.05, 4.69) is 43.3 Å². The average molecular weight is 158 g/mol. The first-order valence-corrected chi connectivity index (χ1v) is 4.26. The van der Waals surface area contributed by atoms with Crippen LogP contribution >= 0.6 is 0 Å². The minimum atomic E-state index is -0.00859. The summed E-state index contributed by atoms with van der Waals surface area (Å²) in [6.07, 6.45) is 4.62. The Kier molecular flexibility index (Phi) is 0.968. The third kappa shape index (κ3) is 0.625. The lowest BCUT2D eigenvalue weighted by Crippen LogP contribution is -2.10. The van der Waals surface area contributed by atoms with Gasteiger partial charge >= 0.3 is 0 Å². The van der Waals surface area contributed by atoms with Crippen LogP contribution in [0, 0.1) is 0 Å². The van der Waals surface area contributed by atoms with E-state index in [0.717, 1.165) is 0 Å². The Morgan fingerprint density at radius 3 is 3.08 bits per heavy atom. The second-order valence-electron chi connectivity index (χ2n) is 3.59. The Hall–Kier alpha value is -1.08. The first-order chi connectivity index (χ1) is 5.81. The first kappa shape index (κ1) is 6.44. The molecule has 2 unspecified atom stereocenters. The fourth-order valence-corrected chi connectivity index (χ4v) is 1.95. The molecule has 1 aromatic carbocycles. The molecule has 1 aliphatic heterocycles. The molecule has 3 rings (SSSR count). The molecule has 0 bridgehead atoms. The van der Waals surface area contributed by atoms with Gasteiger partial charge in [0.25, 0.3) is 0 Å². The monoisotopic (exact) mass is 158 g/mol. The number of fused-ring (bicyclic) bond motifs is 3. The number of hydrogen-bond acceptors (Lipinski definition) is 1. The third-order valence-corrected chi connectivity index (χ3v) is 2.80. The largest absolute Gasteiger partial charge is 0.357 e. The van der Waals surface area contributed by atoms with E-state index in [1.165, 1.54) is 11.1 Å². The van der Waals surface area contributed by atoms with E-state index in [-0.39, 0.29) is 5.60 Å². The van der Waals surface area contributed by atoms with Crippen molar-refractivity contribution in [1.82, 2.24) is 0 Å². The Bertz CT molecular complexity index is 367. The molecule has 0 spiro atoms. The number of hydrogen-bond donors (Lipinski definition) is 0. The molecule has 1 nitrogen and oxygen atoms in total. The van der Waals surface area contributed by atoms with E-state index in [9.17, 15) is 0 Å². The summed E-state index contributed by atoms with van der Waals surface area (Å²) in [4.78, 5) is 0. The first-order valence-electron chi connectivity index (χ1n) is 4.26. The highest BCUT2D eigenvalue weighted by molar-refractivity contribution is 5.62. The summed E-state index contributed by atoms with van der Waals surface area (Å²) in [5.74, 6) is 0. The lowest BCUT2D eigenvalue weighted by molar-refractivity contribution is 0.321. The van der Waals surface area contributed by atoms with E-state index in [4.69, 9.17) is 4.74 Å². The topological polar surface area (TPSA) is 12.5 Å². The van der Waals surface area contributed by atoms with Gasteiger partial charge in [-0.1, -0.05) is 36.4 Å². The van der Waals surface area contributed by atoms with Gasteiger partial charge in [-0.15, -0.1) is 0 Å². The van der Waals surface area contributed by atoms with Gasteiger partial charge in [0.2, 0.25) is 0 Å². The zero-order valence-corrected chi connectivity index (χ0v) is 6.95. The molecule has 0 aromatic heterocycles. The quantitative estimate of drug-likeness (QED) is 0.528. The molecule has 12 heavy (non-hydrogen) atoms. The summed E-state index contributed by atoms with van der Waals surface area (Å²) < 4.78 is 5.60. The van der Waals surface area contributed by atoms with Crippen LogP contribution in [-0.4, -0.2) is 6.10 Å². The van der Waals surface area contributed by atoms with Crippen molar-refractivity contribution in [3.05, 3.63) is 41.5 Å². The van der Waals surface area contributed by atoms with E-state index in [1.807, 2.05) is 0 Å². The van der Waals surface area contributed by atoms with Gasteiger partial charge in [0, 0.05) is 0 Å². The summed E-state index contributed by atoms with van der Waals surface area (Å²) in [6.45, 7) is 2.15. The second kappa shape index (κ2) is 1.80. The van der Waals surface area contributed by atoms with Gasteiger partial charge in [0.05, 0.1) is 0 Å². The van der Waals surface area contributed by atoms with Crippen LogP contribution in [0.3, 0.4) is 0 Å². The maximum atomic E-state index is 5.60. The molecular formula is C11H10O. The zero-order valence-electron chi connectivity index (χ0n) is 6.95. The number of epoxide rings is 1. The van der Waals surface area contributed by atoms with Crippen LogP contribution in [0.4, 0.5) is 0 Å². The number of benzene rings is 1. The van der Waals surface area contributed by atoms with Crippen LogP contribution in [0.15, 0.2) is 30.3 Å². The van der Waals surface area contributed by atoms with E-state index in [1.54, 1.807) is 0 Å². The molecule has 2 atom stereocenters. The Balaban J connectivity index is 2.27. The van der Waals surface area contributed by atoms with Crippen molar-refractivity contribution < 1.29 is 4.74 Å². The van der Waals surface area contributed by atoms with E-state index >= 15 is 0 Å². The molecule has 0 amide bonds. The van der Waals surface area contributed by atoms with Crippen molar-refractivity contribution in [3.63, 3.8) is 0 Å². The minimum absolute atomic E-state index is 0.00859. The highest BCUT2D eigenvalue weighted by atomic mass is 16.6. The van der Waals surface area contributed by atoms with Crippen LogP contribution in [-0.2, 0) is 10.3 Å². The molecule has 1 heteroatoms. The fourth-order valence-electron chi connectivity index (χ4n) is 1.95. The molecule has 1 saturated heterocycles. The Labute approximate surface area is 71.7 Å². The number of ether oxygens (including phenoxy) is 1. The van der Waals surface area contributed by atoms with Crippen molar-refractivity contribution in [1.29, 1.82) is 0 Å². The molecule has 1 fully saturated rings. The van der Waals surface area contributed by atoms with Gasteiger partial charge in [-0.2, -0.15) is 0 Å². The number of rotatable bonds is 0. The second-order valence-corrected chi connectivity index (χ2v) is 3.59. The highest BCUT2D eigenvalue weighted by Crippen LogP contribution is 2.50. The predicted molar refractivity (Wildman–Crippen MR) is 47.7 cm³/mol. The molecule has 1 heterocycles. The molecule has 0 saturated carbocycles. The highest BCUT2D eigenvalue weighted by Gasteiger charge is 2.54. The summed E-state index contributed by atoms with van der Waals surface area (Å²) in [6, 6.07) is 8.42. The van der Waals surface area contributed by atoms with Crippen molar-refractivity contribution in [2.75, 3.05) is 0 Å². The lowest BCUT2D eigenvalue weighted by atomic mass is 9.88. The standard InChI is InChI=1S/C11H10O/c1-11-9-5-3-2-4-8(9)6-7-10(11)12-11/h2-7,10H,1H3. The van der Waals surface area contributed by atoms with Crippen molar-refractivity contribution in [3.8, 4) is 0 Å². The normalized spacial score (nSPS) is 35.6. The van der Waals surface area contributed by atoms with Crippen LogP contribution in [0.2, 0.25) is 0 Å². The zero-order chi connectivity index (χ0) is 8.18. The summed E-state index contributed by atoms with van der Waals surface area (Å²) in [7, 11) is 0. The van der Waals surface area contributed by atoms with Gasteiger partial charge in [0.15, 0.2) is 0 Å². The summed E-state index contributed by atoms with van der Waals surface area (Å²) >= 11 is 0. The predicted octanol–water partition coefficient (Wildman–Crippen LogP) is 2.33. The molecule has 60 valence electrons. The molecule has 1 aliphatic carbocycles. The molecule has 2 aliphatic rings. The van der Waals surface area contributed by atoms with Crippen LogP contribution in [0.25, 0.3) is 6.08 Å². The van der Waals surface area contributed by atoms with Crippen LogP contribution in [0.5, 0.6) is 0 Å². The molecular weight excluding hydrogens is 148 g/mol. The van der Waals surface area contributed by atoms with Gasteiger partial charge in [-0.3, -0.25) is 0 Å². The maximum Gasteiger partial charge on any atom is 0.122 e. The van der Waals surface area contributed by atoms with E-state index < -0.39 is 0 Å². The lowest BCUT2D eigenvalue weighted by Gasteiger charge is -2.12. The van der Waals surface area contributed by atoms with Gasteiger partial charge in [-0.05, 0) is 18.1 Å². The van der Waals surface area contributed by atoms with Crippen LogP contribution in [0.1, 0.15) is 18.1 Å². The Morgan fingerprint density at radius 1 is 1.33 bits per heavy atom. The van der Waals surface area contributed by atoms with Crippen molar-refractivity contribution >= 4 is 6.08 Å². The maximum absolute atomic E-state index is 5.60. The van der Waals surface area contributed by atoms with Crippen molar-refractivity contribution in [2.24, 2.45) is 0 Å². The fraction of sp³-hybridized carbons (Fsp3) is 0.273. The molecule has 0 N–H and O–H groups in total. The van der Waals surface area contributed by atoms with Gasteiger partial charge in [0.1, 0.15) is 11.7 Å². The SMILES string of the molecule is CC12OC1C=Cc1ccccc12. The average Bonchev–Trinajstić information content (AvgIpc) is 2.78. The molecule has 1 aromatic rings. The van der Waals surface area contributed by atoms with Gasteiger partial charge < -0.3 is 4.74 Å². The summed E-state index contributed by atoms with van der Waals surface area (Å²) in [5, 5.41) is 0. The van der Waals surface area contributed by atoms with Gasteiger partial charge in [-0.25, -0.2) is 0 Å². The Morgan fingerprint density at radius 2 is 2.17 bits per heavy atom. The minimum Gasteiger partial charge on any atom is -0.357 e. The van der Waals surface area contributed by atoms with Crippen LogP contribution < -0.4 is 0 Å². The summed E-state index contributed by atoms with van der Waals surface area (Å²) in [5.41, 5.74) is 2.62. The molecule has 0 radical (unpaired) electrons. The van der Waals surface area contributed by atoms with E-state index in [0.29, 0.717) is 6.10 Å².